The molecule has 0 atom stereocenters. The van der Waals surface area contributed by atoms with Gasteiger partial charge in [-0.1, -0.05) is 0 Å². The van der Waals surface area contributed by atoms with Crippen molar-refractivity contribution in [3.8, 4) is 0 Å². The molecule has 0 saturated carbocycles. The zero-order valence-corrected chi connectivity index (χ0v) is 9.95. The summed E-state index contributed by atoms with van der Waals surface area (Å²) < 4.78 is 2.15. The summed E-state index contributed by atoms with van der Waals surface area (Å²) in [4.78, 5) is 8.38. The molecule has 0 unspecified atom stereocenters. The van der Waals surface area contributed by atoms with Crippen molar-refractivity contribution in [2.75, 3.05) is 5.73 Å². The van der Waals surface area contributed by atoms with Gasteiger partial charge in [-0.05, 0) is 42.3 Å². The van der Waals surface area contributed by atoms with Crippen molar-refractivity contribution in [2.24, 2.45) is 0 Å². The number of hydrogen-bond donors (Lipinski definition) is 1. The fraction of sp³-hybridized carbons (Fsp3) is 0.143. The summed E-state index contributed by atoms with van der Waals surface area (Å²) in [5.41, 5.74) is 9.85. The molecule has 18 heavy (non-hydrogen) atoms. The van der Waals surface area contributed by atoms with Gasteiger partial charge in [0.05, 0.1) is 17.4 Å². The van der Waals surface area contributed by atoms with Crippen LogP contribution in [-0.4, -0.2) is 14.5 Å². The maximum atomic E-state index is 5.74. The SMILES string of the molecule is Nc1ccc2c(c1)ncn2CCc1ccncc1. The topological polar surface area (TPSA) is 56.7 Å². The number of hydrogen-bond acceptors (Lipinski definition) is 3. The van der Waals surface area contributed by atoms with E-state index in [4.69, 9.17) is 5.73 Å². The van der Waals surface area contributed by atoms with Crippen LogP contribution < -0.4 is 5.73 Å². The summed E-state index contributed by atoms with van der Waals surface area (Å²) in [6, 6.07) is 9.91. The van der Waals surface area contributed by atoms with Crippen molar-refractivity contribution < 1.29 is 0 Å². The Morgan fingerprint density at radius 2 is 1.94 bits per heavy atom. The summed E-state index contributed by atoms with van der Waals surface area (Å²) in [6.07, 6.45) is 6.48. The van der Waals surface area contributed by atoms with Crippen molar-refractivity contribution in [1.29, 1.82) is 0 Å². The van der Waals surface area contributed by atoms with E-state index >= 15 is 0 Å². The van der Waals surface area contributed by atoms with Gasteiger partial charge in [-0.25, -0.2) is 4.98 Å². The Morgan fingerprint density at radius 1 is 1.11 bits per heavy atom. The third kappa shape index (κ3) is 2.05. The molecule has 1 aromatic carbocycles. The van der Waals surface area contributed by atoms with Crippen LogP contribution in [0.2, 0.25) is 0 Å². The number of rotatable bonds is 3. The van der Waals surface area contributed by atoms with Crippen LogP contribution in [0.1, 0.15) is 5.56 Å². The van der Waals surface area contributed by atoms with Gasteiger partial charge in [0.25, 0.3) is 0 Å². The highest BCUT2D eigenvalue weighted by molar-refractivity contribution is 5.78. The summed E-state index contributed by atoms with van der Waals surface area (Å²) in [6.45, 7) is 0.907. The second kappa shape index (κ2) is 4.49. The lowest BCUT2D eigenvalue weighted by molar-refractivity contribution is 0.715. The van der Waals surface area contributed by atoms with Crippen molar-refractivity contribution in [2.45, 2.75) is 13.0 Å². The van der Waals surface area contributed by atoms with E-state index in [0.29, 0.717) is 0 Å². The fourth-order valence-corrected chi connectivity index (χ4v) is 2.06. The Kier molecular flexibility index (Phi) is 2.68. The predicted octanol–water partition coefficient (Wildman–Crippen LogP) is 2.26. The Hall–Kier alpha value is -2.36. The minimum Gasteiger partial charge on any atom is -0.399 e. The number of aryl methyl sites for hydroxylation is 2. The van der Waals surface area contributed by atoms with Crippen LogP contribution in [0.15, 0.2) is 49.1 Å². The van der Waals surface area contributed by atoms with Gasteiger partial charge >= 0.3 is 0 Å². The molecule has 0 amide bonds. The highest BCUT2D eigenvalue weighted by Crippen LogP contribution is 2.16. The smallest absolute Gasteiger partial charge is 0.0958 e. The number of imidazole rings is 1. The molecule has 0 saturated heterocycles. The quantitative estimate of drug-likeness (QED) is 0.712. The van der Waals surface area contributed by atoms with E-state index < -0.39 is 0 Å². The molecular formula is C14H14N4. The highest BCUT2D eigenvalue weighted by Gasteiger charge is 2.02. The molecule has 0 bridgehead atoms. The van der Waals surface area contributed by atoms with Gasteiger partial charge in [0.15, 0.2) is 0 Å². The van der Waals surface area contributed by atoms with E-state index in [2.05, 4.69) is 14.5 Å². The van der Waals surface area contributed by atoms with Gasteiger partial charge in [-0.3, -0.25) is 4.98 Å². The third-order valence-corrected chi connectivity index (χ3v) is 3.04. The number of nitrogens with zero attached hydrogens (tertiary/aromatic N) is 3. The Bertz CT molecular complexity index is 658. The first kappa shape index (κ1) is 10.8. The normalized spacial score (nSPS) is 10.9. The van der Waals surface area contributed by atoms with E-state index in [0.717, 1.165) is 29.7 Å². The molecule has 0 aliphatic rings. The number of nitrogens with two attached hydrogens (primary N) is 1. The lowest BCUT2D eigenvalue weighted by atomic mass is 10.2. The van der Waals surface area contributed by atoms with Gasteiger partial charge < -0.3 is 10.3 Å². The predicted molar refractivity (Wildman–Crippen MR) is 72.1 cm³/mol. The molecule has 2 aromatic heterocycles. The molecule has 2 heterocycles. The van der Waals surface area contributed by atoms with Gasteiger partial charge in [-0.2, -0.15) is 0 Å². The molecule has 90 valence electrons. The molecular weight excluding hydrogens is 224 g/mol. The van der Waals surface area contributed by atoms with Crippen LogP contribution in [0.5, 0.6) is 0 Å². The molecule has 0 spiro atoms. The van der Waals surface area contributed by atoms with E-state index in [9.17, 15) is 0 Å². The highest BCUT2D eigenvalue weighted by atomic mass is 15.0. The van der Waals surface area contributed by atoms with Crippen LogP contribution in [-0.2, 0) is 13.0 Å². The molecule has 0 aliphatic carbocycles. The average molecular weight is 238 g/mol. The van der Waals surface area contributed by atoms with Crippen molar-refractivity contribution in [3.63, 3.8) is 0 Å². The van der Waals surface area contributed by atoms with Gasteiger partial charge in [0.2, 0.25) is 0 Å². The molecule has 0 fully saturated rings. The van der Waals surface area contributed by atoms with Crippen LogP contribution >= 0.6 is 0 Å². The monoisotopic (exact) mass is 238 g/mol. The molecule has 4 nitrogen and oxygen atoms in total. The lowest BCUT2D eigenvalue weighted by Gasteiger charge is -2.04. The van der Waals surface area contributed by atoms with Crippen molar-refractivity contribution in [3.05, 3.63) is 54.6 Å². The molecule has 4 heteroatoms. The zero-order chi connectivity index (χ0) is 12.4. The van der Waals surface area contributed by atoms with Crippen molar-refractivity contribution in [1.82, 2.24) is 14.5 Å². The number of anilines is 1. The lowest BCUT2D eigenvalue weighted by Crippen LogP contribution is -1.99. The third-order valence-electron chi connectivity index (χ3n) is 3.04. The summed E-state index contributed by atoms with van der Waals surface area (Å²) >= 11 is 0. The van der Waals surface area contributed by atoms with Crippen molar-refractivity contribution >= 4 is 16.7 Å². The minimum atomic E-state index is 0.752. The number of aromatic nitrogens is 3. The average Bonchev–Trinajstić information content (AvgIpc) is 2.80. The van der Waals surface area contributed by atoms with Gasteiger partial charge in [-0.15, -0.1) is 0 Å². The first-order valence-corrected chi connectivity index (χ1v) is 5.92. The standard InChI is InChI=1S/C14H14N4/c15-12-1-2-14-13(9-12)17-10-18(14)8-5-11-3-6-16-7-4-11/h1-4,6-7,9-10H,5,8,15H2. The molecule has 0 aliphatic heterocycles. The van der Waals surface area contributed by atoms with Crippen LogP contribution in [0, 0.1) is 0 Å². The second-order valence-corrected chi connectivity index (χ2v) is 4.29. The Balaban J connectivity index is 1.83. The second-order valence-electron chi connectivity index (χ2n) is 4.29. The van der Waals surface area contributed by atoms with E-state index in [-0.39, 0.29) is 0 Å². The van der Waals surface area contributed by atoms with E-state index in [1.807, 2.05) is 49.1 Å². The van der Waals surface area contributed by atoms with Crippen LogP contribution in [0.4, 0.5) is 5.69 Å². The number of benzene rings is 1. The summed E-state index contributed by atoms with van der Waals surface area (Å²) in [5.74, 6) is 0. The van der Waals surface area contributed by atoms with E-state index in [1.165, 1.54) is 5.56 Å². The van der Waals surface area contributed by atoms with E-state index in [1.54, 1.807) is 0 Å². The molecule has 3 aromatic rings. The molecule has 2 N–H and O–H groups in total. The minimum absolute atomic E-state index is 0.752. The zero-order valence-electron chi connectivity index (χ0n) is 9.95. The maximum absolute atomic E-state index is 5.74. The fourth-order valence-electron chi connectivity index (χ4n) is 2.06. The number of pyridine rings is 1. The van der Waals surface area contributed by atoms with Gasteiger partial charge in [0, 0.05) is 24.6 Å². The number of nitrogen functional groups attached to an aromatic ring is 1. The molecule has 3 rings (SSSR count). The Morgan fingerprint density at radius 3 is 2.78 bits per heavy atom. The number of fused-ring (bicyclic) bond motifs is 1. The first-order valence-electron chi connectivity index (χ1n) is 5.92. The molecule has 0 radical (unpaired) electrons. The maximum Gasteiger partial charge on any atom is 0.0958 e. The van der Waals surface area contributed by atoms with Gasteiger partial charge in [0.1, 0.15) is 0 Å². The largest absolute Gasteiger partial charge is 0.399 e. The van der Waals surface area contributed by atoms with Crippen LogP contribution in [0.25, 0.3) is 11.0 Å². The summed E-state index contributed by atoms with van der Waals surface area (Å²) in [5, 5.41) is 0. The van der Waals surface area contributed by atoms with Crippen LogP contribution in [0.3, 0.4) is 0 Å². The first-order chi connectivity index (χ1) is 8.83. The summed E-state index contributed by atoms with van der Waals surface area (Å²) in [7, 11) is 0. The Labute approximate surface area is 105 Å².